The minimum absolute atomic E-state index is 0.305. The zero-order chi connectivity index (χ0) is 13.7. The molecule has 0 bridgehead atoms. The van der Waals surface area contributed by atoms with E-state index in [1.54, 1.807) is 0 Å². The van der Waals surface area contributed by atoms with Gasteiger partial charge < -0.3 is 9.73 Å². The number of rotatable bonds is 7. The van der Waals surface area contributed by atoms with E-state index in [0.717, 1.165) is 30.1 Å². The summed E-state index contributed by atoms with van der Waals surface area (Å²) >= 11 is 1.97. The van der Waals surface area contributed by atoms with Crippen LogP contribution in [0.4, 0.5) is 0 Å². The van der Waals surface area contributed by atoms with E-state index in [4.69, 9.17) is 4.42 Å². The molecule has 104 valence electrons. The second kappa shape index (κ2) is 7.01. The Bertz CT molecular complexity index is 473. The lowest BCUT2D eigenvalue weighted by Crippen LogP contribution is -2.24. The van der Waals surface area contributed by atoms with Gasteiger partial charge in [0.15, 0.2) is 0 Å². The van der Waals surface area contributed by atoms with Crippen LogP contribution in [0.25, 0.3) is 11.0 Å². The molecule has 1 aromatic carbocycles. The van der Waals surface area contributed by atoms with Gasteiger partial charge in [0.05, 0.1) is 6.04 Å². The number of thioether (sulfide) groups is 1. The molecular weight excluding hydrogens is 254 g/mol. The van der Waals surface area contributed by atoms with Crippen molar-refractivity contribution in [1.29, 1.82) is 0 Å². The standard InChI is InChI=1S/C16H23NOS/c1-4-9-17-14(11-19-12(2)3)16-10-13-7-5-6-8-15(13)18-16/h5-8,10,12,14,17H,4,9,11H2,1-3H3. The SMILES string of the molecule is CCCNC(CSC(C)C)c1cc2ccccc2o1. The molecule has 2 aromatic rings. The zero-order valence-corrected chi connectivity index (χ0v) is 12.8. The Balaban J connectivity index is 2.15. The molecule has 2 rings (SSSR count). The van der Waals surface area contributed by atoms with Gasteiger partial charge in [0.2, 0.25) is 0 Å². The number of hydrogen-bond donors (Lipinski definition) is 1. The van der Waals surface area contributed by atoms with Crippen molar-refractivity contribution in [3.63, 3.8) is 0 Å². The predicted octanol–water partition coefficient (Wildman–Crippen LogP) is 4.62. The highest BCUT2D eigenvalue weighted by atomic mass is 32.2. The fraction of sp³-hybridized carbons (Fsp3) is 0.500. The van der Waals surface area contributed by atoms with Crippen molar-refractivity contribution in [1.82, 2.24) is 5.32 Å². The molecular formula is C16H23NOS. The lowest BCUT2D eigenvalue weighted by atomic mass is 10.2. The van der Waals surface area contributed by atoms with E-state index in [-0.39, 0.29) is 0 Å². The quantitative estimate of drug-likeness (QED) is 0.799. The van der Waals surface area contributed by atoms with Crippen molar-refractivity contribution in [3.8, 4) is 0 Å². The Hall–Kier alpha value is -0.930. The van der Waals surface area contributed by atoms with Gasteiger partial charge in [0, 0.05) is 11.1 Å². The van der Waals surface area contributed by atoms with Gasteiger partial charge in [-0.3, -0.25) is 0 Å². The van der Waals surface area contributed by atoms with E-state index in [2.05, 4.69) is 44.3 Å². The van der Waals surface area contributed by atoms with Crippen molar-refractivity contribution < 1.29 is 4.42 Å². The molecule has 0 amide bonds. The number of hydrogen-bond acceptors (Lipinski definition) is 3. The number of nitrogens with one attached hydrogen (secondary N) is 1. The van der Waals surface area contributed by atoms with E-state index < -0.39 is 0 Å². The summed E-state index contributed by atoms with van der Waals surface area (Å²) < 4.78 is 5.98. The maximum Gasteiger partial charge on any atom is 0.134 e. The second-order valence-electron chi connectivity index (χ2n) is 5.08. The average molecular weight is 277 g/mol. The Morgan fingerprint density at radius 1 is 1.26 bits per heavy atom. The molecule has 1 heterocycles. The van der Waals surface area contributed by atoms with Crippen LogP contribution < -0.4 is 5.32 Å². The third-order valence-corrected chi connectivity index (χ3v) is 4.22. The summed E-state index contributed by atoms with van der Waals surface area (Å²) in [5, 5.41) is 5.43. The first-order chi connectivity index (χ1) is 9.20. The number of benzene rings is 1. The van der Waals surface area contributed by atoms with Crippen LogP contribution in [0, 0.1) is 0 Å². The van der Waals surface area contributed by atoms with Gasteiger partial charge in [-0.2, -0.15) is 11.8 Å². The molecule has 0 saturated carbocycles. The van der Waals surface area contributed by atoms with Crippen LogP contribution in [0.1, 0.15) is 39.0 Å². The van der Waals surface area contributed by atoms with Crippen LogP contribution in [-0.2, 0) is 0 Å². The van der Waals surface area contributed by atoms with Crippen LogP contribution in [0.15, 0.2) is 34.7 Å². The summed E-state index contributed by atoms with van der Waals surface area (Å²) in [4.78, 5) is 0. The van der Waals surface area contributed by atoms with Crippen molar-refractivity contribution >= 4 is 22.7 Å². The number of fused-ring (bicyclic) bond motifs is 1. The maximum absolute atomic E-state index is 5.98. The van der Waals surface area contributed by atoms with Crippen molar-refractivity contribution in [2.75, 3.05) is 12.3 Å². The maximum atomic E-state index is 5.98. The molecule has 2 nitrogen and oxygen atoms in total. The van der Waals surface area contributed by atoms with Gasteiger partial charge in [0.1, 0.15) is 11.3 Å². The topological polar surface area (TPSA) is 25.2 Å². The molecule has 0 saturated heterocycles. The third-order valence-electron chi connectivity index (χ3n) is 3.02. The Kier molecular flexibility index (Phi) is 5.34. The molecule has 3 heteroatoms. The Morgan fingerprint density at radius 2 is 2.05 bits per heavy atom. The smallest absolute Gasteiger partial charge is 0.134 e. The zero-order valence-electron chi connectivity index (χ0n) is 12.0. The third kappa shape index (κ3) is 4.02. The van der Waals surface area contributed by atoms with E-state index in [1.165, 1.54) is 5.39 Å². The lowest BCUT2D eigenvalue weighted by molar-refractivity contribution is 0.456. The summed E-state index contributed by atoms with van der Waals surface area (Å²) in [5.74, 6) is 2.11. The second-order valence-corrected chi connectivity index (χ2v) is 6.68. The van der Waals surface area contributed by atoms with Crippen molar-refractivity contribution in [2.45, 2.75) is 38.5 Å². The van der Waals surface area contributed by atoms with Gasteiger partial charge in [-0.1, -0.05) is 39.0 Å². The molecule has 0 aliphatic rings. The molecule has 1 N–H and O–H groups in total. The monoisotopic (exact) mass is 277 g/mol. The highest BCUT2D eigenvalue weighted by molar-refractivity contribution is 7.99. The summed E-state index contributed by atoms with van der Waals surface area (Å²) in [7, 11) is 0. The fourth-order valence-corrected chi connectivity index (χ4v) is 2.88. The van der Waals surface area contributed by atoms with Gasteiger partial charge in [0.25, 0.3) is 0 Å². The van der Waals surface area contributed by atoms with Gasteiger partial charge in [-0.05, 0) is 30.3 Å². The normalized spacial score (nSPS) is 13.3. The average Bonchev–Trinajstić information content (AvgIpc) is 2.82. The highest BCUT2D eigenvalue weighted by Crippen LogP contribution is 2.27. The molecule has 0 fully saturated rings. The van der Waals surface area contributed by atoms with Crippen molar-refractivity contribution in [3.05, 3.63) is 36.1 Å². The molecule has 0 aliphatic carbocycles. The fourth-order valence-electron chi connectivity index (χ4n) is 2.02. The van der Waals surface area contributed by atoms with Crippen LogP contribution >= 0.6 is 11.8 Å². The van der Waals surface area contributed by atoms with Gasteiger partial charge in [-0.25, -0.2) is 0 Å². The minimum Gasteiger partial charge on any atom is -0.459 e. The van der Waals surface area contributed by atoms with E-state index in [9.17, 15) is 0 Å². The summed E-state index contributed by atoms with van der Waals surface area (Å²) in [6.07, 6.45) is 1.14. The first-order valence-corrected chi connectivity index (χ1v) is 8.09. The lowest BCUT2D eigenvalue weighted by Gasteiger charge is -2.17. The highest BCUT2D eigenvalue weighted by Gasteiger charge is 2.16. The summed E-state index contributed by atoms with van der Waals surface area (Å²) in [6.45, 7) is 7.69. The van der Waals surface area contributed by atoms with Gasteiger partial charge >= 0.3 is 0 Å². The number of furan rings is 1. The molecule has 1 aromatic heterocycles. The van der Waals surface area contributed by atoms with E-state index >= 15 is 0 Å². The Morgan fingerprint density at radius 3 is 2.74 bits per heavy atom. The molecule has 1 atom stereocenters. The first-order valence-electron chi connectivity index (χ1n) is 7.04. The molecule has 1 unspecified atom stereocenters. The molecule has 19 heavy (non-hydrogen) atoms. The van der Waals surface area contributed by atoms with E-state index in [0.29, 0.717) is 11.3 Å². The Labute approximate surface area is 119 Å². The van der Waals surface area contributed by atoms with Crippen LogP contribution in [-0.4, -0.2) is 17.5 Å². The molecule has 0 radical (unpaired) electrons. The summed E-state index contributed by atoms with van der Waals surface area (Å²) in [6, 6.07) is 10.7. The van der Waals surface area contributed by atoms with E-state index in [1.807, 2.05) is 23.9 Å². The minimum atomic E-state index is 0.305. The molecule has 0 spiro atoms. The van der Waals surface area contributed by atoms with Crippen LogP contribution in [0.2, 0.25) is 0 Å². The van der Waals surface area contributed by atoms with Crippen LogP contribution in [0.3, 0.4) is 0 Å². The first kappa shape index (κ1) is 14.5. The molecule has 0 aliphatic heterocycles. The van der Waals surface area contributed by atoms with Gasteiger partial charge in [-0.15, -0.1) is 0 Å². The van der Waals surface area contributed by atoms with Crippen molar-refractivity contribution in [2.24, 2.45) is 0 Å². The number of para-hydroxylation sites is 1. The summed E-state index contributed by atoms with van der Waals surface area (Å²) in [5.41, 5.74) is 0.982. The van der Waals surface area contributed by atoms with Crippen LogP contribution in [0.5, 0.6) is 0 Å². The predicted molar refractivity (Wildman–Crippen MR) is 84.8 cm³/mol. The largest absolute Gasteiger partial charge is 0.459 e.